The highest BCUT2D eigenvalue weighted by molar-refractivity contribution is 7.92. The minimum absolute atomic E-state index is 0.0763. The van der Waals surface area contributed by atoms with E-state index in [0.29, 0.717) is 22.2 Å². The molecule has 0 aliphatic rings. The van der Waals surface area contributed by atoms with Crippen LogP contribution >= 0.6 is 11.6 Å². The summed E-state index contributed by atoms with van der Waals surface area (Å²) in [6.07, 6.45) is 0. The van der Waals surface area contributed by atoms with Crippen LogP contribution < -0.4 is 19.1 Å². The van der Waals surface area contributed by atoms with Crippen LogP contribution in [0, 0.1) is 6.92 Å². The number of halogens is 1. The largest absolute Gasteiger partial charge is 0.493 e. The van der Waals surface area contributed by atoms with Crippen LogP contribution in [0.2, 0.25) is 5.02 Å². The average molecular weight is 503 g/mol. The van der Waals surface area contributed by atoms with Gasteiger partial charge in [0.2, 0.25) is 5.91 Å². The van der Waals surface area contributed by atoms with Gasteiger partial charge < -0.3 is 14.8 Å². The Bertz CT molecular complexity index is 1270. The molecule has 0 aliphatic carbocycles. The van der Waals surface area contributed by atoms with E-state index in [0.717, 1.165) is 15.4 Å². The number of hydrogen-bond acceptors (Lipinski definition) is 5. The van der Waals surface area contributed by atoms with Crippen molar-refractivity contribution in [2.75, 3.05) is 25.1 Å². The second-order valence-electron chi connectivity index (χ2n) is 7.66. The molecule has 9 heteroatoms. The fourth-order valence-corrected chi connectivity index (χ4v) is 5.00. The number of anilines is 1. The smallest absolute Gasteiger partial charge is 0.264 e. The maximum absolute atomic E-state index is 13.4. The second kappa shape index (κ2) is 10.8. The standard InChI is InChI=1S/C25H27ClN2O5S/c1-17-10-12-20(15-22(17)26)28(34(30,31)21-8-6-5-7-9-21)16-25(29)27-18(2)19-11-13-23(32-3)24(14-19)33-4/h5-15,18H,16H2,1-4H3,(H,27,29)/t18-/m1/s1. The number of carbonyl (C=O) groups is 1. The minimum atomic E-state index is -4.02. The van der Waals surface area contributed by atoms with E-state index < -0.39 is 28.5 Å². The zero-order valence-electron chi connectivity index (χ0n) is 19.4. The Labute approximate surface area is 205 Å². The number of nitrogens with zero attached hydrogens (tertiary/aromatic N) is 1. The van der Waals surface area contributed by atoms with Crippen LogP contribution in [-0.4, -0.2) is 35.1 Å². The Morgan fingerprint density at radius 2 is 1.68 bits per heavy atom. The molecule has 0 aromatic heterocycles. The Kier molecular flexibility index (Phi) is 8.06. The Balaban J connectivity index is 1.89. The molecule has 34 heavy (non-hydrogen) atoms. The van der Waals surface area contributed by atoms with E-state index in [4.69, 9.17) is 21.1 Å². The van der Waals surface area contributed by atoms with Crippen LogP contribution in [0.4, 0.5) is 5.69 Å². The molecule has 0 spiro atoms. The second-order valence-corrected chi connectivity index (χ2v) is 9.93. The fraction of sp³-hybridized carbons (Fsp3) is 0.240. The molecule has 0 heterocycles. The highest BCUT2D eigenvalue weighted by Crippen LogP contribution is 2.30. The molecular formula is C25H27ClN2O5S. The summed E-state index contributed by atoms with van der Waals surface area (Å²) in [5, 5.41) is 3.27. The van der Waals surface area contributed by atoms with Gasteiger partial charge in [-0.2, -0.15) is 0 Å². The van der Waals surface area contributed by atoms with E-state index in [1.807, 2.05) is 13.0 Å². The molecule has 0 aliphatic heterocycles. The predicted octanol–water partition coefficient (Wildman–Crippen LogP) is 4.74. The molecule has 3 rings (SSSR count). The molecule has 0 saturated heterocycles. The van der Waals surface area contributed by atoms with Gasteiger partial charge in [0.1, 0.15) is 6.54 Å². The van der Waals surface area contributed by atoms with Crippen molar-refractivity contribution in [3.8, 4) is 11.5 Å². The number of methoxy groups -OCH3 is 2. The summed E-state index contributed by atoms with van der Waals surface area (Å²) in [4.78, 5) is 13.1. The molecule has 1 atom stereocenters. The van der Waals surface area contributed by atoms with E-state index in [2.05, 4.69) is 5.32 Å². The van der Waals surface area contributed by atoms with Gasteiger partial charge in [-0.1, -0.05) is 41.9 Å². The van der Waals surface area contributed by atoms with Gasteiger partial charge in [0.15, 0.2) is 11.5 Å². The quantitative estimate of drug-likeness (QED) is 0.457. The molecule has 0 radical (unpaired) electrons. The van der Waals surface area contributed by atoms with E-state index in [1.54, 1.807) is 62.6 Å². The number of aryl methyl sites for hydroxylation is 1. The Morgan fingerprint density at radius 3 is 2.29 bits per heavy atom. The van der Waals surface area contributed by atoms with Gasteiger partial charge in [0.25, 0.3) is 10.0 Å². The van der Waals surface area contributed by atoms with Gasteiger partial charge in [-0.25, -0.2) is 8.42 Å². The van der Waals surface area contributed by atoms with Gasteiger partial charge in [-0.15, -0.1) is 0 Å². The van der Waals surface area contributed by atoms with E-state index in [1.165, 1.54) is 19.2 Å². The maximum atomic E-state index is 13.4. The first-order valence-corrected chi connectivity index (χ1v) is 12.3. The lowest BCUT2D eigenvalue weighted by Crippen LogP contribution is -2.41. The van der Waals surface area contributed by atoms with E-state index >= 15 is 0 Å². The first-order chi connectivity index (χ1) is 16.2. The Hall–Kier alpha value is -3.23. The van der Waals surface area contributed by atoms with Crippen molar-refractivity contribution in [2.45, 2.75) is 24.8 Å². The van der Waals surface area contributed by atoms with Gasteiger partial charge >= 0.3 is 0 Å². The van der Waals surface area contributed by atoms with E-state index in [-0.39, 0.29) is 4.90 Å². The zero-order chi connectivity index (χ0) is 24.9. The van der Waals surface area contributed by atoms with Gasteiger partial charge in [0.05, 0.1) is 30.8 Å². The van der Waals surface area contributed by atoms with Crippen molar-refractivity contribution < 1.29 is 22.7 Å². The van der Waals surface area contributed by atoms with Crippen molar-refractivity contribution in [1.29, 1.82) is 0 Å². The highest BCUT2D eigenvalue weighted by atomic mass is 35.5. The number of benzene rings is 3. The van der Waals surface area contributed by atoms with Crippen LogP contribution in [0.15, 0.2) is 71.6 Å². The highest BCUT2D eigenvalue weighted by Gasteiger charge is 2.28. The summed E-state index contributed by atoms with van der Waals surface area (Å²) >= 11 is 6.26. The third kappa shape index (κ3) is 5.63. The summed E-state index contributed by atoms with van der Waals surface area (Å²) in [6.45, 7) is 3.20. The lowest BCUT2D eigenvalue weighted by atomic mass is 10.1. The fourth-order valence-electron chi connectivity index (χ4n) is 3.39. The number of carbonyl (C=O) groups excluding carboxylic acids is 1. The van der Waals surface area contributed by atoms with Crippen molar-refractivity contribution in [2.24, 2.45) is 0 Å². The molecule has 0 bridgehead atoms. The van der Waals surface area contributed by atoms with Crippen LogP contribution in [-0.2, 0) is 14.8 Å². The number of ether oxygens (including phenoxy) is 2. The van der Waals surface area contributed by atoms with Gasteiger partial charge in [-0.05, 0) is 61.4 Å². The van der Waals surface area contributed by atoms with Crippen molar-refractivity contribution in [1.82, 2.24) is 5.32 Å². The van der Waals surface area contributed by atoms with E-state index in [9.17, 15) is 13.2 Å². The molecular weight excluding hydrogens is 476 g/mol. The topological polar surface area (TPSA) is 84.9 Å². The molecule has 1 N–H and O–H groups in total. The first kappa shape index (κ1) is 25.4. The first-order valence-electron chi connectivity index (χ1n) is 10.5. The normalized spacial score (nSPS) is 12.0. The van der Waals surface area contributed by atoms with Crippen LogP contribution in [0.5, 0.6) is 11.5 Å². The number of rotatable bonds is 9. The lowest BCUT2D eigenvalue weighted by Gasteiger charge is -2.25. The van der Waals surface area contributed by atoms with Crippen LogP contribution in [0.25, 0.3) is 0 Å². The minimum Gasteiger partial charge on any atom is -0.493 e. The molecule has 0 saturated carbocycles. The number of hydrogen-bond donors (Lipinski definition) is 1. The predicted molar refractivity (Wildman–Crippen MR) is 133 cm³/mol. The number of sulfonamides is 1. The number of nitrogens with one attached hydrogen (secondary N) is 1. The van der Waals surface area contributed by atoms with Crippen molar-refractivity contribution in [3.05, 3.63) is 82.9 Å². The van der Waals surface area contributed by atoms with Crippen molar-refractivity contribution >= 4 is 33.2 Å². The summed E-state index contributed by atoms with van der Waals surface area (Å²) < 4.78 is 38.5. The summed E-state index contributed by atoms with van der Waals surface area (Å²) in [5.41, 5.74) is 1.88. The lowest BCUT2D eigenvalue weighted by molar-refractivity contribution is -0.120. The summed E-state index contributed by atoms with van der Waals surface area (Å²) in [6, 6.07) is 17.8. The third-order valence-electron chi connectivity index (χ3n) is 5.35. The van der Waals surface area contributed by atoms with Gasteiger partial charge in [0, 0.05) is 5.02 Å². The molecule has 7 nitrogen and oxygen atoms in total. The SMILES string of the molecule is COc1ccc([C@@H](C)NC(=O)CN(c2ccc(C)c(Cl)c2)S(=O)(=O)c2ccccc2)cc1OC. The average Bonchev–Trinajstić information content (AvgIpc) is 2.84. The molecule has 3 aromatic rings. The third-order valence-corrected chi connectivity index (χ3v) is 7.54. The molecule has 3 aromatic carbocycles. The molecule has 0 fully saturated rings. The van der Waals surface area contributed by atoms with Gasteiger partial charge in [-0.3, -0.25) is 9.10 Å². The maximum Gasteiger partial charge on any atom is 0.264 e. The van der Waals surface area contributed by atoms with Crippen LogP contribution in [0.1, 0.15) is 24.1 Å². The molecule has 0 unspecified atom stereocenters. The molecule has 1 amide bonds. The monoisotopic (exact) mass is 502 g/mol. The zero-order valence-corrected chi connectivity index (χ0v) is 21.0. The molecule has 180 valence electrons. The van der Waals surface area contributed by atoms with Crippen LogP contribution in [0.3, 0.4) is 0 Å². The van der Waals surface area contributed by atoms with Crippen molar-refractivity contribution in [3.63, 3.8) is 0 Å². The number of amides is 1. The summed E-state index contributed by atoms with van der Waals surface area (Å²) in [5.74, 6) is 0.628. The Morgan fingerprint density at radius 1 is 1.00 bits per heavy atom. The summed E-state index contributed by atoms with van der Waals surface area (Å²) in [7, 11) is -0.946.